The highest BCUT2D eigenvalue weighted by Gasteiger charge is 2.62. The van der Waals surface area contributed by atoms with E-state index in [4.69, 9.17) is 0 Å². The molecule has 14 rings (SSSR count). The zero-order valence-corrected chi connectivity index (χ0v) is 29.7. The highest BCUT2D eigenvalue weighted by molar-refractivity contribution is 5.94. The Kier molecular flexibility index (Phi) is 5.49. The Morgan fingerprint density at radius 2 is 1.17 bits per heavy atom. The van der Waals surface area contributed by atoms with Gasteiger partial charge >= 0.3 is 0 Å². The number of benzene rings is 6. The van der Waals surface area contributed by atoms with E-state index in [0.29, 0.717) is 5.92 Å². The molecule has 7 aliphatic carbocycles. The van der Waals surface area contributed by atoms with Gasteiger partial charge in [0.2, 0.25) is 0 Å². The highest BCUT2D eigenvalue weighted by Crippen LogP contribution is 2.71. The van der Waals surface area contributed by atoms with Crippen LogP contribution in [0.15, 0.2) is 133 Å². The second-order valence-corrected chi connectivity index (χ2v) is 17.7. The van der Waals surface area contributed by atoms with Gasteiger partial charge in [0.15, 0.2) is 0 Å². The Morgan fingerprint density at radius 1 is 0.500 bits per heavy atom. The van der Waals surface area contributed by atoms with Gasteiger partial charge < -0.3 is 4.90 Å². The molecule has 2 unspecified atom stereocenters. The molecule has 2 spiro atoms. The molecule has 1 nitrogen and oxygen atoms in total. The first-order valence-corrected chi connectivity index (χ1v) is 20.2. The van der Waals surface area contributed by atoms with Crippen molar-refractivity contribution in [2.24, 2.45) is 23.7 Å². The van der Waals surface area contributed by atoms with Crippen molar-refractivity contribution in [3.05, 3.63) is 161 Å². The standard InChI is InChI=1S/C51H43N/c1-3-9-33(10-4-1)35-15-19-46-45(28-35)50-22-21-36(30-50)48-40(34-11-5-2-6-12-34)18-20-47(49(48)50)52(46)39-16-17-42-41-13-7-8-14-43(41)51(44(42)29-39)37-24-31-23-32(26-37)27-38(51)25-31/h1-20,28-29,31-32,36-38H,21-27,30H2. The zero-order valence-electron chi connectivity index (χ0n) is 29.7. The number of fused-ring (bicyclic) bond motifs is 6. The third-order valence-corrected chi connectivity index (χ3v) is 15.6. The van der Waals surface area contributed by atoms with E-state index in [2.05, 4.69) is 138 Å². The summed E-state index contributed by atoms with van der Waals surface area (Å²) in [4.78, 5) is 2.71. The van der Waals surface area contributed by atoms with Crippen LogP contribution in [0.2, 0.25) is 0 Å². The van der Waals surface area contributed by atoms with Gasteiger partial charge in [-0.1, -0.05) is 103 Å². The van der Waals surface area contributed by atoms with E-state index in [0.717, 1.165) is 23.7 Å². The van der Waals surface area contributed by atoms with Gasteiger partial charge in [0, 0.05) is 16.5 Å². The molecule has 1 heterocycles. The number of hydrogen-bond donors (Lipinski definition) is 0. The molecule has 252 valence electrons. The van der Waals surface area contributed by atoms with Crippen LogP contribution in [0, 0.1) is 23.7 Å². The van der Waals surface area contributed by atoms with E-state index in [1.54, 1.807) is 27.8 Å². The molecule has 0 amide bonds. The van der Waals surface area contributed by atoms with E-state index in [1.807, 2.05) is 0 Å². The first-order chi connectivity index (χ1) is 25.7. The summed E-state index contributed by atoms with van der Waals surface area (Å²) in [5, 5.41) is 0. The van der Waals surface area contributed by atoms with Crippen molar-refractivity contribution in [2.45, 2.75) is 68.1 Å². The summed E-state index contributed by atoms with van der Waals surface area (Å²) in [6, 6.07) is 52.0. The van der Waals surface area contributed by atoms with Gasteiger partial charge in [0.25, 0.3) is 0 Å². The van der Waals surface area contributed by atoms with Crippen LogP contribution in [0.5, 0.6) is 0 Å². The van der Waals surface area contributed by atoms with E-state index in [9.17, 15) is 0 Å². The van der Waals surface area contributed by atoms with Gasteiger partial charge in [-0.15, -0.1) is 0 Å². The van der Waals surface area contributed by atoms with Crippen LogP contribution in [-0.2, 0) is 10.8 Å². The van der Waals surface area contributed by atoms with E-state index >= 15 is 0 Å². The predicted molar refractivity (Wildman–Crippen MR) is 213 cm³/mol. The van der Waals surface area contributed by atoms with Crippen molar-refractivity contribution in [3.8, 4) is 33.4 Å². The molecule has 1 heteroatoms. The molecule has 0 saturated heterocycles. The SMILES string of the molecule is c1ccc(-c2ccc3c(c2)C24CCC(C2)c2c(-c5ccccc5)ccc(c24)N3c2ccc3c(c2)C2(c4ccccc4-3)C3CC4CC(C3)CC2C4)cc1. The molecule has 6 aromatic carbocycles. The fourth-order valence-corrected chi connectivity index (χ4v) is 14.1. The van der Waals surface area contributed by atoms with Gasteiger partial charge in [-0.25, -0.2) is 0 Å². The molecule has 8 aliphatic rings. The van der Waals surface area contributed by atoms with Crippen molar-refractivity contribution in [1.29, 1.82) is 0 Å². The summed E-state index contributed by atoms with van der Waals surface area (Å²) < 4.78 is 0. The maximum atomic E-state index is 2.71. The smallest absolute Gasteiger partial charge is 0.0506 e. The van der Waals surface area contributed by atoms with Gasteiger partial charge in [-0.2, -0.15) is 0 Å². The number of nitrogens with zero attached hydrogens (tertiary/aromatic N) is 1. The molecule has 2 atom stereocenters. The third-order valence-electron chi connectivity index (χ3n) is 15.6. The molecule has 0 aromatic heterocycles. The van der Waals surface area contributed by atoms with Crippen molar-refractivity contribution in [3.63, 3.8) is 0 Å². The van der Waals surface area contributed by atoms with Crippen molar-refractivity contribution in [2.75, 3.05) is 4.90 Å². The Balaban J connectivity index is 1.07. The summed E-state index contributed by atoms with van der Waals surface area (Å²) >= 11 is 0. The van der Waals surface area contributed by atoms with Crippen molar-refractivity contribution in [1.82, 2.24) is 0 Å². The summed E-state index contributed by atoms with van der Waals surface area (Å²) in [5.74, 6) is 4.01. The topological polar surface area (TPSA) is 3.24 Å². The largest absolute Gasteiger partial charge is 0.310 e. The lowest BCUT2D eigenvalue weighted by atomic mass is 9.43. The first kappa shape index (κ1) is 28.7. The molecule has 52 heavy (non-hydrogen) atoms. The molecule has 5 fully saturated rings. The molecular formula is C51H43N. The summed E-state index contributed by atoms with van der Waals surface area (Å²) in [6.45, 7) is 0. The van der Waals surface area contributed by atoms with E-state index in [1.165, 1.54) is 102 Å². The van der Waals surface area contributed by atoms with Crippen LogP contribution in [0.3, 0.4) is 0 Å². The lowest BCUT2D eigenvalue weighted by Gasteiger charge is -2.61. The molecule has 0 radical (unpaired) electrons. The van der Waals surface area contributed by atoms with Crippen LogP contribution in [-0.4, -0.2) is 0 Å². The first-order valence-electron chi connectivity index (χ1n) is 20.2. The Labute approximate surface area is 307 Å². The molecule has 5 saturated carbocycles. The summed E-state index contributed by atoms with van der Waals surface area (Å²) in [7, 11) is 0. The van der Waals surface area contributed by atoms with Crippen LogP contribution in [0.1, 0.15) is 85.1 Å². The van der Waals surface area contributed by atoms with Crippen LogP contribution < -0.4 is 4.90 Å². The minimum absolute atomic E-state index is 0.0619. The van der Waals surface area contributed by atoms with Crippen molar-refractivity contribution >= 4 is 17.1 Å². The Bertz CT molecular complexity index is 2450. The summed E-state index contributed by atoms with van der Waals surface area (Å²) in [5.41, 5.74) is 20.9. The maximum Gasteiger partial charge on any atom is 0.0506 e. The lowest BCUT2D eigenvalue weighted by molar-refractivity contribution is -0.0399. The zero-order chi connectivity index (χ0) is 33.8. The highest BCUT2D eigenvalue weighted by atomic mass is 15.2. The van der Waals surface area contributed by atoms with Gasteiger partial charge in [-0.3, -0.25) is 0 Å². The normalized spacial score (nSPS) is 30.4. The number of rotatable bonds is 3. The number of anilines is 3. The second-order valence-electron chi connectivity index (χ2n) is 17.7. The Morgan fingerprint density at radius 3 is 1.96 bits per heavy atom. The van der Waals surface area contributed by atoms with Gasteiger partial charge in [-0.05, 0) is 172 Å². The van der Waals surface area contributed by atoms with Gasteiger partial charge in [0.1, 0.15) is 0 Å². The second kappa shape index (κ2) is 9.95. The number of hydrogen-bond acceptors (Lipinski definition) is 1. The minimum atomic E-state index is 0.0619. The fraction of sp³-hybridized carbons (Fsp3) is 0.294. The van der Waals surface area contributed by atoms with Crippen LogP contribution in [0.25, 0.3) is 33.4 Å². The molecular weight excluding hydrogens is 627 g/mol. The summed E-state index contributed by atoms with van der Waals surface area (Å²) in [6.07, 6.45) is 10.9. The quantitative estimate of drug-likeness (QED) is 0.181. The molecule has 0 N–H and O–H groups in total. The van der Waals surface area contributed by atoms with Crippen LogP contribution in [0.4, 0.5) is 17.1 Å². The van der Waals surface area contributed by atoms with Crippen molar-refractivity contribution < 1.29 is 0 Å². The maximum absolute atomic E-state index is 2.71. The van der Waals surface area contributed by atoms with E-state index in [-0.39, 0.29) is 10.8 Å². The average molecular weight is 670 g/mol. The molecule has 6 bridgehead atoms. The average Bonchev–Trinajstić information content (AvgIpc) is 3.87. The fourth-order valence-electron chi connectivity index (χ4n) is 14.1. The van der Waals surface area contributed by atoms with Crippen LogP contribution >= 0.6 is 0 Å². The third kappa shape index (κ3) is 3.43. The monoisotopic (exact) mass is 669 g/mol. The predicted octanol–water partition coefficient (Wildman–Crippen LogP) is 13.1. The lowest BCUT2D eigenvalue weighted by Crippen LogP contribution is -2.55. The Hall–Kier alpha value is -4.88. The van der Waals surface area contributed by atoms with E-state index < -0.39 is 0 Å². The minimum Gasteiger partial charge on any atom is -0.310 e. The molecule has 6 aromatic rings. The van der Waals surface area contributed by atoms with Gasteiger partial charge in [0.05, 0.1) is 11.4 Å². The molecule has 1 aliphatic heterocycles.